The van der Waals surface area contributed by atoms with Crippen LogP contribution in [0, 0.1) is 11.3 Å². The zero-order chi connectivity index (χ0) is 35.8. The summed E-state index contributed by atoms with van der Waals surface area (Å²) in [5, 5.41) is 17.8. The topological polar surface area (TPSA) is 54.8 Å². The molecule has 0 aliphatic heterocycles. The lowest BCUT2D eigenvalue weighted by Crippen LogP contribution is -1.95. The van der Waals surface area contributed by atoms with Crippen molar-refractivity contribution in [3.8, 4) is 45.3 Å². The molecule has 0 aliphatic rings. The quantitative estimate of drug-likeness (QED) is 0.185. The minimum absolute atomic E-state index is 0.625. The monoisotopic (exact) mass is 687 g/mol. The van der Waals surface area contributed by atoms with E-state index in [9.17, 15) is 5.26 Å². The van der Waals surface area contributed by atoms with Crippen molar-refractivity contribution in [3.05, 3.63) is 181 Å². The molecule has 54 heavy (non-hydrogen) atoms. The Hall–Kier alpha value is -7.48. The number of hydrogen-bond donors (Lipinski definition) is 0. The molecule has 0 unspecified atom stereocenters. The van der Waals surface area contributed by atoms with E-state index in [2.05, 4.69) is 150 Å². The molecular formula is C50H29N3O. The van der Waals surface area contributed by atoms with E-state index in [1.807, 2.05) is 36.4 Å². The molecule has 0 saturated carbocycles. The van der Waals surface area contributed by atoms with Crippen molar-refractivity contribution in [1.82, 2.24) is 9.55 Å². The first-order valence-corrected chi connectivity index (χ1v) is 18.1. The summed E-state index contributed by atoms with van der Waals surface area (Å²) in [5.41, 5.74) is 12.8. The van der Waals surface area contributed by atoms with Gasteiger partial charge >= 0.3 is 0 Å². The van der Waals surface area contributed by atoms with E-state index in [0.29, 0.717) is 5.56 Å². The molecule has 0 spiro atoms. The standard InChI is InChI=1S/C50H29N3O/c51-30-36-29-45(52-44-16-7-6-12-38(36)44)33-17-22-37(23-18-33)53-46-24-20-35(28-43(46)49-39-13-5-4-11-32(39)19-25-47(49)53)40-14-8-15-41-42-27-34(31-9-2-1-3-10-31)21-26-48(42)54-50(40)41/h1-29H. The van der Waals surface area contributed by atoms with Gasteiger partial charge in [0, 0.05) is 43.7 Å². The summed E-state index contributed by atoms with van der Waals surface area (Å²) in [4.78, 5) is 4.91. The Labute approximate surface area is 310 Å². The van der Waals surface area contributed by atoms with Crippen LogP contribution >= 0.6 is 0 Å². The van der Waals surface area contributed by atoms with E-state index in [4.69, 9.17) is 9.40 Å². The summed E-state index contributed by atoms with van der Waals surface area (Å²) in [6, 6.07) is 63.8. The van der Waals surface area contributed by atoms with E-state index >= 15 is 0 Å². The number of pyridine rings is 1. The van der Waals surface area contributed by atoms with Crippen molar-refractivity contribution < 1.29 is 4.42 Å². The summed E-state index contributed by atoms with van der Waals surface area (Å²) in [6.07, 6.45) is 0. The fourth-order valence-electron chi connectivity index (χ4n) is 8.27. The van der Waals surface area contributed by atoms with Crippen LogP contribution in [0.2, 0.25) is 0 Å². The Bertz CT molecular complexity index is 3330. The van der Waals surface area contributed by atoms with Crippen LogP contribution in [0.4, 0.5) is 0 Å². The van der Waals surface area contributed by atoms with Gasteiger partial charge in [0.15, 0.2) is 0 Å². The number of nitriles is 1. The second-order valence-corrected chi connectivity index (χ2v) is 13.8. The van der Waals surface area contributed by atoms with E-state index in [1.54, 1.807) is 0 Å². The maximum absolute atomic E-state index is 9.89. The fraction of sp³-hybridized carbons (Fsp3) is 0. The molecule has 0 radical (unpaired) electrons. The van der Waals surface area contributed by atoms with Crippen molar-refractivity contribution >= 4 is 65.4 Å². The first-order chi connectivity index (χ1) is 26.7. The summed E-state index contributed by atoms with van der Waals surface area (Å²) in [7, 11) is 0. The molecular weight excluding hydrogens is 659 g/mol. The molecule has 3 aromatic heterocycles. The Kier molecular flexibility index (Phi) is 6.58. The van der Waals surface area contributed by atoms with E-state index < -0.39 is 0 Å². The molecule has 11 rings (SSSR count). The number of furan rings is 1. The highest BCUT2D eigenvalue weighted by atomic mass is 16.3. The Morgan fingerprint density at radius 2 is 1.22 bits per heavy atom. The number of rotatable bonds is 4. The molecule has 11 aromatic rings. The van der Waals surface area contributed by atoms with Gasteiger partial charge in [-0.05, 0) is 82.1 Å². The summed E-state index contributed by atoms with van der Waals surface area (Å²) in [5.74, 6) is 0. The van der Waals surface area contributed by atoms with E-state index in [1.165, 1.54) is 32.7 Å². The summed E-state index contributed by atoms with van der Waals surface area (Å²) in [6.45, 7) is 0. The summed E-state index contributed by atoms with van der Waals surface area (Å²) >= 11 is 0. The molecule has 0 bridgehead atoms. The second-order valence-electron chi connectivity index (χ2n) is 13.8. The second kappa shape index (κ2) is 11.8. The number of aromatic nitrogens is 2. The minimum atomic E-state index is 0.625. The van der Waals surface area contributed by atoms with Crippen LogP contribution in [-0.4, -0.2) is 9.55 Å². The maximum Gasteiger partial charge on any atom is 0.143 e. The number of benzene rings is 8. The van der Waals surface area contributed by atoms with Crippen LogP contribution in [0.25, 0.3) is 105 Å². The Balaban J connectivity index is 1.08. The average molecular weight is 688 g/mol. The van der Waals surface area contributed by atoms with Gasteiger partial charge in [-0.2, -0.15) is 5.26 Å². The molecule has 0 fully saturated rings. The van der Waals surface area contributed by atoms with Crippen molar-refractivity contribution in [2.75, 3.05) is 0 Å². The van der Waals surface area contributed by atoms with Crippen LogP contribution in [0.3, 0.4) is 0 Å². The smallest absolute Gasteiger partial charge is 0.143 e. The zero-order valence-corrected chi connectivity index (χ0v) is 29.0. The third kappa shape index (κ3) is 4.59. The van der Waals surface area contributed by atoms with Gasteiger partial charge in [0.2, 0.25) is 0 Å². The lowest BCUT2D eigenvalue weighted by atomic mass is 9.98. The largest absolute Gasteiger partial charge is 0.455 e. The predicted octanol–water partition coefficient (Wildman–Crippen LogP) is 13.3. The molecule has 0 atom stereocenters. The highest BCUT2D eigenvalue weighted by Crippen LogP contribution is 2.42. The Morgan fingerprint density at radius 3 is 2.09 bits per heavy atom. The highest BCUT2D eigenvalue weighted by molar-refractivity contribution is 6.22. The van der Waals surface area contributed by atoms with E-state index in [0.717, 1.165) is 71.9 Å². The third-order valence-electron chi connectivity index (χ3n) is 10.8. The van der Waals surface area contributed by atoms with Gasteiger partial charge in [-0.15, -0.1) is 0 Å². The van der Waals surface area contributed by atoms with Gasteiger partial charge in [-0.1, -0.05) is 121 Å². The Morgan fingerprint density at radius 1 is 0.500 bits per heavy atom. The van der Waals surface area contributed by atoms with Crippen molar-refractivity contribution in [3.63, 3.8) is 0 Å². The predicted molar refractivity (Wildman–Crippen MR) is 222 cm³/mol. The SMILES string of the molecule is N#Cc1cc(-c2ccc(-n3c4ccc(-c5cccc6c5oc5ccc(-c7ccccc7)cc56)cc4c4c5ccccc5ccc43)cc2)nc2ccccc12. The van der Waals surface area contributed by atoms with Crippen LogP contribution in [0.15, 0.2) is 180 Å². The molecule has 8 aromatic carbocycles. The summed E-state index contributed by atoms with van der Waals surface area (Å²) < 4.78 is 8.98. The molecule has 0 saturated heterocycles. The molecule has 4 heteroatoms. The lowest BCUT2D eigenvalue weighted by molar-refractivity contribution is 0.670. The maximum atomic E-state index is 9.89. The van der Waals surface area contributed by atoms with Crippen LogP contribution in [0.1, 0.15) is 5.56 Å². The molecule has 0 aliphatic carbocycles. The normalized spacial score (nSPS) is 11.7. The number of para-hydroxylation sites is 2. The van der Waals surface area contributed by atoms with Crippen molar-refractivity contribution in [2.45, 2.75) is 0 Å². The number of fused-ring (bicyclic) bond motifs is 9. The van der Waals surface area contributed by atoms with Gasteiger partial charge in [-0.3, -0.25) is 0 Å². The zero-order valence-electron chi connectivity index (χ0n) is 29.0. The van der Waals surface area contributed by atoms with Crippen LogP contribution in [0.5, 0.6) is 0 Å². The first-order valence-electron chi connectivity index (χ1n) is 18.1. The van der Waals surface area contributed by atoms with Gasteiger partial charge in [-0.25, -0.2) is 4.98 Å². The molecule has 4 nitrogen and oxygen atoms in total. The lowest BCUT2D eigenvalue weighted by Gasteiger charge is -2.11. The highest BCUT2D eigenvalue weighted by Gasteiger charge is 2.19. The molecule has 250 valence electrons. The van der Waals surface area contributed by atoms with Crippen molar-refractivity contribution in [1.29, 1.82) is 5.26 Å². The van der Waals surface area contributed by atoms with Gasteiger partial charge in [0.25, 0.3) is 0 Å². The molecule has 0 N–H and O–H groups in total. The fourth-order valence-corrected chi connectivity index (χ4v) is 8.27. The third-order valence-corrected chi connectivity index (χ3v) is 10.8. The first kappa shape index (κ1) is 30.2. The number of nitrogens with zero attached hydrogens (tertiary/aromatic N) is 3. The van der Waals surface area contributed by atoms with Gasteiger partial charge < -0.3 is 8.98 Å². The van der Waals surface area contributed by atoms with E-state index in [-0.39, 0.29) is 0 Å². The van der Waals surface area contributed by atoms with Crippen LogP contribution in [-0.2, 0) is 0 Å². The average Bonchev–Trinajstić information content (AvgIpc) is 3.79. The molecule has 3 heterocycles. The van der Waals surface area contributed by atoms with Gasteiger partial charge in [0.1, 0.15) is 11.2 Å². The minimum Gasteiger partial charge on any atom is -0.455 e. The van der Waals surface area contributed by atoms with Gasteiger partial charge in [0.05, 0.1) is 33.9 Å². The van der Waals surface area contributed by atoms with Crippen molar-refractivity contribution in [2.24, 2.45) is 0 Å². The molecule has 0 amide bonds. The van der Waals surface area contributed by atoms with Crippen LogP contribution < -0.4 is 0 Å². The number of hydrogen-bond acceptors (Lipinski definition) is 3.